The quantitative estimate of drug-likeness (QED) is 0.508. The zero-order valence-corrected chi connectivity index (χ0v) is 15.8. The lowest BCUT2D eigenvalue weighted by molar-refractivity contribution is -0.113. The number of carbonyl (C=O) groups excluding carboxylic acids is 1. The predicted molar refractivity (Wildman–Crippen MR) is 107 cm³/mol. The van der Waals surface area contributed by atoms with Crippen molar-refractivity contribution < 1.29 is 4.79 Å². The molecule has 0 saturated heterocycles. The van der Waals surface area contributed by atoms with Gasteiger partial charge >= 0.3 is 0 Å². The molecule has 2 aromatic carbocycles. The van der Waals surface area contributed by atoms with Crippen LogP contribution in [-0.2, 0) is 11.3 Å². The second-order valence-electron chi connectivity index (χ2n) is 5.72. The lowest BCUT2D eigenvalue weighted by Gasteiger charge is -2.12. The average Bonchev–Trinajstić information content (AvgIpc) is 2.63. The highest BCUT2D eigenvalue weighted by molar-refractivity contribution is 7.99. The number of fused-ring (bicyclic) bond motifs is 1. The molecule has 0 spiro atoms. The number of carbonyl (C=O) groups is 1. The van der Waals surface area contributed by atoms with E-state index in [9.17, 15) is 9.59 Å². The molecule has 1 amide bonds. The van der Waals surface area contributed by atoms with Crippen LogP contribution < -0.4 is 10.9 Å². The van der Waals surface area contributed by atoms with Crippen molar-refractivity contribution in [3.8, 4) is 0 Å². The topological polar surface area (TPSA) is 64.0 Å². The summed E-state index contributed by atoms with van der Waals surface area (Å²) in [7, 11) is 0. The predicted octanol–water partition coefficient (Wildman–Crippen LogP) is 4.19. The number of amides is 1. The molecule has 5 nitrogen and oxygen atoms in total. The standard InChI is InChI=1S/C19H18ClN3O2S/c1-2-10-23-18(25)15-8-3-4-9-16(15)22-19(23)26-12-17(24)21-14-7-5-6-13(20)11-14/h3-9,11H,2,10,12H2,1H3,(H,21,24). The first-order valence-electron chi connectivity index (χ1n) is 8.26. The van der Waals surface area contributed by atoms with Gasteiger partial charge in [0.05, 0.1) is 16.7 Å². The summed E-state index contributed by atoms with van der Waals surface area (Å²) in [5.41, 5.74) is 1.21. The number of benzene rings is 2. The first-order valence-corrected chi connectivity index (χ1v) is 9.62. The Kier molecular flexibility index (Phi) is 5.96. The van der Waals surface area contributed by atoms with Crippen LogP contribution in [0.5, 0.6) is 0 Å². The first-order chi connectivity index (χ1) is 12.6. The Morgan fingerprint density at radius 3 is 2.81 bits per heavy atom. The summed E-state index contributed by atoms with van der Waals surface area (Å²) in [4.78, 5) is 29.5. The molecule has 0 aliphatic rings. The number of para-hydroxylation sites is 1. The van der Waals surface area contributed by atoms with Gasteiger partial charge in [0.2, 0.25) is 5.91 Å². The van der Waals surface area contributed by atoms with Gasteiger partial charge in [-0.1, -0.05) is 48.5 Å². The fourth-order valence-corrected chi connectivity index (χ4v) is 3.59. The molecule has 0 radical (unpaired) electrons. The average molecular weight is 388 g/mol. The van der Waals surface area contributed by atoms with E-state index in [2.05, 4.69) is 10.3 Å². The number of halogens is 1. The van der Waals surface area contributed by atoms with Crippen LogP contribution in [0.3, 0.4) is 0 Å². The molecular weight excluding hydrogens is 370 g/mol. The number of thioether (sulfide) groups is 1. The lowest BCUT2D eigenvalue weighted by atomic mass is 10.2. The van der Waals surface area contributed by atoms with Crippen molar-refractivity contribution in [2.45, 2.75) is 25.0 Å². The SMILES string of the molecule is CCCn1c(SCC(=O)Nc2cccc(Cl)c2)nc2ccccc2c1=O. The number of rotatable bonds is 6. The van der Waals surface area contributed by atoms with Gasteiger partial charge in [-0.25, -0.2) is 4.98 Å². The van der Waals surface area contributed by atoms with Crippen molar-refractivity contribution in [3.63, 3.8) is 0 Å². The molecule has 0 atom stereocenters. The molecule has 1 N–H and O–H groups in total. The van der Waals surface area contributed by atoms with Crippen LogP contribution >= 0.6 is 23.4 Å². The zero-order chi connectivity index (χ0) is 18.5. The number of nitrogens with one attached hydrogen (secondary N) is 1. The van der Waals surface area contributed by atoms with E-state index in [1.54, 1.807) is 34.9 Å². The molecule has 0 unspecified atom stereocenters. The molecule has 0 aliphatic heterocycles. The molecule has 0 saturated carbocycles. The maximum Gasteiger partial charge on any atom is 0.262 e. The second kappa shape index (κ2) is 8.38. The van der Waals surface area contributed by atoms with Gasteiger partial charge in [-0.05, 0) is 36.8 Å². The number of aromatic nitrogens is 2. The normalized spacial score (nSPS) is 10.8. The van der Waals surface area contributed by atoms with Crippen molar-refractivity contribution in [2.24, 2.45) is 0 Å². The minimum absolute atomic E-state index is 0.0739. The van der Waals surface area contributed by atoms with Crippen LogP contribution in [0.25, 0.3) is 10.9 Å². The molecular formula is C19H18ClN3O2S. The number of anilines is 1. The lowest BCUT2D eigenvalue weighted by Crippen LogP contribution is -2.24. The van der Waals surface area contributed by atoms with Crippen LogP contribution in [-0.4, -0.2) is 21.2 Å². The summed E-state index contributed by atoms with van der Waals surface area (Å²) >= 11 is 7.18. The molecule has 3 aromatic rings. The highest BCUT2D eigenvalue weighted by atomic mass is 35.5. The third kappa shape index (κ3) is 4.26. The highest BCUT2D eigenvalue weighted by Gasteiger charge is 2.13. The van der Waals surface area contributed by atoms with E-state index in [4.69, 9.17) is 11.6 Å². The Bertz CT molecular complexity index is 1000. The second-order valence-corrected chi connectivity index (χ2v) is 7.09. The summed E-state index contributed by atoms with van der Waals surface area (Å²) in [6, 6.07) is 14.2. The zero-order valence-electron chi connectivity index (χ0n) is 14.2. The monoisotopic (exact) mass is 387 g/mol. The van der Waals surface area contributed by atoms with Crippen LogP contribution in [0.2, 0.25) is 5.02 Å². The summed E-state index contributed by atoms with van der Waals surface area (Å²) in [6.07, 6.45) is 0.808. The van der Waals surface area contributed by atoms with E-state index < -0.39 is 0 Å². The fourth-order valence-electron chi connectivity index (χ4n) is 2.57. The Balaban J connectivity index is 1.80. The van der Waals surface area contributed by atoms with Crippen molar-refractivity contribution in [2.75, 3.05) is 11.1 Å². The van der Waals surface area contributed by atoms with Gasteiger partial charge in [-0.3, -0.25) is 14.2 Å². The van der Waals surface area contributed by atoms with Crippen LogP contribution in [0, 0.1) is 0 Å². The Hall–Kier alpha value is -2.31. The summed E-state index contributed by atoms with van der Waals surface area (Å²) in [5, 5.41) is 4.50. The molecule has 1 heterocycles. The van der Waals surface area contributed by atoms with Crippen molar-refractivity contribution in [1.82, 2.24) is 9.55 Å². The first kappa shape index (κ1) is 18.5. The van der Waals surface area contributed by atoms with E-state index >= 15 is 0 Å². The minimum atomic E-state index is -0.178. The Morgan fingerprint density at radius 2 is 2.04 bits per heavy atom. The van der Waals surface area contributed by atoms with Crippen LogP contribution in [0.15, 0.2) is 58.5 Å². The van der Waals surface area contributed by atoms with Crippen LogP contribution in [0.1, 0.15) is 13.3 Å². The Morgan fingerprint density at radius 1 is 1.23 bits per heavy atom. The summed E-state index contributed by atoms with van der Waals surface area (Å²) in [6.45, 7) is 2.57. The Labute approximate surface area is 160 Å². The molecule has 3 rings (SSSR count). The largest absolute Gasteiger partial charge is 0.325 e. The van der Waals surface area contributed by atoms with Gasteiger partial charge in [0.25, 0.3) is 5.56 Å². The smallest absolute Gasteiger partial charge is 0.262 e. The van der Waals surface area contributed by atoms with Gasteiger partial charge in [0.15, 0.2) is 5.16 Å². The van der Waals surface area contributed by atoms with E-state index in [0.29, 0.717) is 33.3 Å². The maximum absolute atomic E-state index is 12.7. The van der Waals surface area contributed by atoms with E-state index in [0.717, 1.165) is 6.42 Å². The van der Waals surface area contributed by atoms with Crippen molar-refractivity contribution >= 4 is 45.9 Å². The van der Waals surface area contributed by atoms with E-state index in [1.807, 2.05) is 25.1 Å². The maximum atomic E-state index is 12.7. The molecule has 134 valence electrons. The van der Waals surface area contributed by atoms with Gasteiger partial charge in [-0.2, -0.15) is 0 Å². The molecule has 0 aliphatic carbocycles. The highest BCUT2D eigenvalue weighted by Crippen LogP contribution is 2.19. The number of nitrogens with zero attached hydrogens (tertiary/aromatic N) is 2. The molecule has 0 bridgehead atoms. The van der Waals surface area contributed by atoms with Crippen molar-refractivity contribution in [3.05, 3.63) is 63.9 Å². The fraction of sp³-hybridized carbons (Fsp3) is 0.211. The van der Waals surface area contributed by atoms with Crippen LogP contribution in [0.4, 0.5) is 5.69 Å². The molecule has 1 aromatic heterocycles. The van der Waals surface area contributed by atoms with Gasteiger partial charge < -0.3 is 5.32 Å². The number of hydrogen-bond donors (Lipinski definition) is 1. The van der Waals surface area contributed by atoms with E-state index in [1.165, 1.54) is 11.8 Å². The van der Waals surface area contributed by atoms with E-state index in [-0.39, 0.29) is 17.2 Å². The van der Waals surface area contributed by atoms with Gasteiger partial charge in [0.1, 0.15) is 0 Å². The molecule has 7 heteroatoms. The molecule has 0 fully saturated rings. The minimum Gasteiger partial charge on any atom is -0.325 e. The number of hydrogen-bond acceptors (Lipinski definition) is 4. The third-order valence-corrected chi connectivity index (χ3v) is 4.93. The summed E-state index contributed by atoms with van der Waals surface area (Å²) in [5.74, 6) is -0.0243. The van der Waals surface area contributed by atoms with Gasteiger partial charge in [0, 0.05) is 17.3 Å². The molecule has 26 heavy (non-hydrogen) atoms. The van der Waals surface area contributed by atoms with Crippen molar-refractivity contribution in [1.29, 1.82) is 0 Å². The summed E-state index contributed by atoms with van der Waals surface area (Å²) < 4.78 is 1.64. The van der Waals surface area contributed by atoms with Gasteiger partial charge in [-0.15, -0.1) is 0 Å². The third-order valence-electron chi connectivity index (χ3n) is 3.71.